The Morgan fingerprint density at radius 3 is 2.44 bits per heavy atom. The first-order valence-corrected chi connectivity index (χ1v) is 3.69. The Morgan fingerprint density at radius 2 is 1.89 bits per heavy atom. The summed E-state index contributed by atoms with van der Waals surface area (Å²) in [5.74, 6) is 0. The number of unbranched alkanes of at least 4 members (excludes halogenated alkanes) is 1. The highest BCUT2D eigenvalue weighted by atomic mass is 16.5. The van der Waals surface area contributed by atoms with Gasteiger partial charge in [0.15, 0.2) is 0 Å². The second-order valence-corrected chi connectivity index (χ2v) is 2.11. The maximum absolute atomic E-state index is 5.26. The Balaban J connectivity index is 2.60. The summed E-state index contributed by atoms with van der Waals surface area (Å²) in [6, 6.07) is 0. The molecule has 0 bridgehead atoms. The Morgan fingerprint density at radius 1 is 1.22 bits per heavy atom. The minimum atomic E-state index is 0.742. The number of rotatable bonds is 6. The first-order valence-electron chi connectivity index (χ1n) is 3.69. The van der Waals surface area contributed by atoms with Crippen molar-refractivity contribution in [1.82, 2.24) is 0 Å². The van der Waals surface area contributed by atoms with Crippen molar-refractivity contribution >= 4 is 0 Å². The Hall–Kier alpha value is -0.0800. The molecule has 0 heterocycles. The van der Waals surface area contributed by atoms with Crippen molar-refractivity contribution in [2.24, 2.45) is 5.73 Å². The molecule has 0 aliphatic carbocycles. The molecule has 9 heavy (non-hydrogen) atoms. The third-order valence-corrected chi connectivity index (χ3v) is 1.14. The van der Waals surface area contributed by atoms with Crippen molar-refractivity contribution < 1.29 is 4.74 Å². The lowest BCUT2D eigenvalue weighted by atomic mass is 10.4. The van der Waals surface area contributed by atoms with E-state index in [1.807, 2.05) is 0 Å². The SMILES string of the molecule is CCCCOCCCN. The van der Waals surface area contributed by atoms with Crippen LogP contribution in [0.2, 0.25) is 0 Å². The molecule has 0 atom stereocenters. The molecule has 0 rings (SSSR count). The zero-order valence-corrected chi connectivity index (χ0v) is 6.23. The summed E-state index contributed by atoms with van der Waals surface area (Å²) in [6.45, 7) is 4.63. The van der Waals surface area contributed by atoms with Crippen LogP contribution in [0.3, 0.4) is 0 Å². The van der Waals surface area contributed by atoms with Crippen molar-refractivity contribution in [3.8, 4) is 0 Å². The monoisotopic (exact) mass is 131 g/mol. The third-order valence-electron chi connectivity index (χ3n) is 1.14. The molecule has 0 aliphatic rings. The molecule has 0 fully saturated rings. The van der Waals surface area contributed by atoms with E-state index in [-0.39, 0.29) is 0 Å². The molecule has 0 aliphatic heterocycles. The summed E-state index contributed by atoms with van der Waals surface area (Å²) in [5.41, 5.74) is 5.26. The second kappa shape index (κ2) is 7.92. The summed E-state index contributed by atoms with van der Waals surface area (Å²) in [6.07, 6.45) is 3.37. The molecule has 0 amide bonds. The predicted octanol–water partition coefficient (Wildman–Crippen LogP) is 1.15. The van der Waals surface area contributed by atoms with Crippen molar-refractivity contribution in [2.45, 2.75) is 26.2 Å². The predicted molar refractivity (Wildman–Crippen MR) is 39.4 cm³/mol. The molecular weight excluding hydrogens is 114 g/mol. The van der Waals surface area contributed by atoms with Crippen LogP contribution < -0.4 is 5.73 Å². The quantitative estimate of drug-likeness (QED) is 0.549. The average Bonchev–Trinajstić information content (AvgIpc) is 1.89. The van der Waals surface area contributed by atoms with Crippen molar-refractivity contribution in [1.29, 1.82) is 0 Å². The van der Waals surface area contributed by atoms with Gasteiger partial charge in [-0.2, -0.15) is 0 Å². The Labute approximate surface area is 57.4 Å². The molecular formula is C7H17NO. The van der Waals surface area contributed by atoms with Crippen LogP contribution in [0.25, 0.3) is 0 Å². The van der Waals surface area contributed by atoms with Crippen LogP contribution in [0, 0.1) is 0 Å². The van der Waals surface area contributed by atoms with Gasteiger partial charge in [-0.1, -0.05) is 13.3 Å². The Bertz CT molecular complexity index is 42.2. The standard InChI is InChI=1S/C7H17NO/c1-2-3-6-9-7-4-5-8/h2-8H2,1H3. The molecule has 0 aromatic rings. The molecule has 2 heteroatoms. The van der Waals surface area contributed by atoms with Crippen molar-refractivity contribution in [3.63, 3.8) is 0 Å². The molecule has 2 nitrogen and oxygen atoms in total. The van der Waals surface area contributed by atoms with E-state index in [2.05, 4.69) is 6.92 Å². The van der Waals surface area contributed by atoms with Gasteiger partial charge in [0, 0.05) is 13.2 Å². The van der Waals surface area contributed by atoms with Crippen molar-refractivity contribution in [2.75, 3.05) is 19.8 Å². The largest absolute Gasteiger partial charge is 0.381 e. The highest BCUT2D eigenvalue weighted by molar-refractivity contribution is 4.36. The topological polar surface area (TPSA) is 35.2 Å². The van der Waals surface area contributed by atoms with Crippen LogP contribution in [0.1, 0.15) is 26.2 Å². The molecule has 0 spiro atoms. The Kier molecular flexibility index (Phi) is 7.85. The van der Waals surface area contributed by atoms with Gasteiger partial charge in [0.05, 0.1) is 0 Å². The van der Waals surface area contributed by atoms with Gasteiger partial charge < -0.3 is 10.5 Å². The number of nitrogens with two attached hydrogens (primary N) is 1. The van der Waals surface area contributed by atoms with E-state index in [0.29, 0.717) is 0 Å². The summed E-state index contributed by atoms with van der Waals surface area (Å²) < 4.78 is 5.23. The lowest BCUT2D eigenvalue weighted by Gasteiger charge is -1.99. The number of hydrogen-bond donors (Lipinski definition) is 1. The lowest BCUT2D eigenvalue weighted by molar-refractivity contribution is 0.130. The van der Waals surface area contributed by atoms with Gasteiger partial charge in [0.1, 0.15) is 0 Å². The van der Waals surface area contributed by atoms with E-state index in [0.717, 1.165) is 26.2 Å². The second-order valence-electron chi connectivity index (χ2n) is 2.11. The normalized spacial score (nSPS) is 10.0. The third kappa shape index (κ3) is 7.92. The fourth-order valence-corrected chi connectivity index (χ4v) is 0.534. The van der Waals surface area contributed by atoms with E-state index in [9.17, 15) is 0 Å². The highest BCUT2D eigenvalue weighted by Gasteiger charge is 1.84. The smallest absolute Gasteiger partial charge is 0.0478 e. The fourth-order valence-electron chi connectivity index (χ4n) is 0.534. The minimum Gasteiger partial charge on any atom is -0.381 e. The van der Waals surface area contributed by atoms with Crippen LogP contribution in [0.15, 0.2) is 0 Å². The molecule has 0 aromatic carbocycles. The molecule has 0 radical (unpaired) electrons. The van der Waals surface area contributed by atoms with Gasteiger partial charge >= 0.3 is 0 Å². The number of ether oxygens (including phenoxy) is 1. The average molecular weight is 131 g/mol. The maximum atomic E-state index is 5.26. The molecule has 0 saturated carbocycles. The van der Waals surface area contributed by atoms with Gasteiger partial charge in [-0.25, -0.2) is 0 Å². The first-order chi connectivity index (χ1) is 4.41. The highest BCUT2D eigenvalue weighted by Crippen LogP contribution is 1.88. The van der Waals surface area contributed by atoms with Crippen LogP contribution in [-0.2, 0) is 4.74 Å². The van der Waals surface area contributed by atoms with E-state index in [1.165, 1.54) is 12.8 Å². The molecule has 56 valence electrons. The van der Waals surface area contributed by atoms with Gasteiger partial charge in [-0.3, -0.25) is 0 Å². The van der Waals surface area contributed by atoms with Crippen LogP contribution in [0.4, 0.5) is 0 Å². The van der Waals surface area contributed by atoms with Crippen molar-refractivity contribution in [3.05, 3.63) is 0 Å². The van der Waals surface area contributed by atoms with Crippen LogP contribution >= 0.6 is 0 Å². The first kappa shape index (κ1) is 8.92. The summed E-state index contributed by atoms with van der Waals surface area (Å²) in [4.78, 5) is 0. The lowest BCUT2D eigenvalue weighted by Crippen LogP contribution is -2.04. The van der Waals surface area contributed by atoms with E-state index < -0.39 is 0 Å². The zero-order chi connectivity index (χ0) is 6.95. The number of hydrogen-bond acceptors (Lipinski definition) is 2. The maximum Gasteiger partial charge on any atom is 0.0478 e. The van der Waals surface area contributed by atoms with E-state index in [1.54, 1.807) is 0 Å². The van der Waals surface area contributed by atoms with Gasteiger partial charge in [-0.05, 0) is 19.4 Å². The zero-order valence-electron chi connectivity index (χ0n) is 6.23. The van der Waals surface area contributed by atoms with Gasteiger partial charge in [0.25, 0.3) is 0 Å². The van der Waals surface area contributed by atoms with Gasteiger partial charge in [0.2, 0.25) is 0 Å². The van der Waals surface area contributed by atoms with Crippen LogP contribution in [-0.4, -0.2) is 19.8 Å². The molecule has 0 aromatic heterocycles. The summed E-state index contributed by atoms with van der Waals surface area (Å²) in [7, 11) is 0. The summed E-state index contributed by atoms with van der Waals surface area (Å²) >= 11 is 0. The molecule has 0 saturated heterocycles. The van der Waals surface area contributed by atoms with E-state index >= 15 is 0 Å². The molecule has 0 unspecified atom stereocenters. The van der Waals surface area contributed by atoms with Gasteiger partial charge in [-0.15, -0.1) is 0 Å². The van der Waals surface area contributed by atoms with E-state index in [4.69, 9.17) is 10.5 Å². The van der Waals surface area contributed by atoms with Crippen LogP contribution in [0.5, 0.6) is 0 Å². The molecule has 2 N–H and O–H groups in total. The minimum absolute atomic E-state index is 0.742. The fraction of sp³-hybridized carbons (Fsp3) is 1.00. The summed E-state index contributed by atoms with van der Waals surface area (Å²) in [5, 5.41) is 0.